The van der Waals surface area contributed by atoms with Crippen molar-refractivity contribution in [2.45, 2.75) is 0 Å². The molecule has 0 spiro atoms. The van der Waals surface area contributed by atoms with Gasteiger partial charge < -0.3 is 10.2 Å². The Morgan fingerprint density at radius 1 is 1.00 bits per heavy atom. The number of oxazole rings is 1. The Morgan fingerprint density at radius 3 is 2.62 bits per heavy atom. The van der Waals surface area contributed by atoms with Crippen LogP contribution in [-0.2, 0) is 0 Å². The van der Waals surface area contributed by atoms with Crippen LogP contribution in [0, 0.1) is 0 Å². The van der Waals surface area contributed by atoms with Gasteiger partial charge in [0, 0.05) is 5.56 Å². The molecule has 0 saturated carbocycles. The van der Waals surface area contributed by atoms with Crippen LogP contribution in [0.1, 0.15) is 0 Å². The SMILES string of the molecule is Nc1nc(-c2cccc3ccccc23)co1. The third-order valence-electron chi connectivity index (χ3n) is 2.59. The quantitative estimate of drug-likeness (QED) is 0.671. The van der Waals surface area contributed by atoms with Crippen LogP contribution in [0.25, 0.3) is 22.0 Å². The standard InChI is InChI=1S/C13H10N2O/c14-13-15-12(8-16-13)11-7-3-5-9-4-1-2-6-10(9)11/h1-8H,(H2,14,15). The molecule has 16 heavy (non-hydrogen) atoms. The highest BCUT2D eigenvalue weighted by Crippen LogP contribution is 2.28. The topological polar surface area (TPSA) is 52.0 Å². The molecule has 3 nitrogen and oxygen atoms in total. The van der Waals surface area contributed by atoms with Crippen LogP contribution in [-0.4, -0.2) is 4.98 Å². The van der Waals surface area contributed by atoms with Crippen molar-refractivity contribution in [2.24, 2.45) is 0 Å². The maximum atomic E-state index is 5.48. The maximum Gasteiger partial charge on any atom is 0.292 e. The lowest BCUT2D eigenvalue weighted by atomic mass is 10.0. The summed E-state index contributed by atoms with van der Waals surface area (Å²) < 4.78 is 5.03. The number of rotatable bonds is 1. The van der Waals surface area contributed by atoms with E-state index in [9.17, 15) is 0 Å². The molecular formula is C13H10N2O. The molecule has 78 valence electrons. The van der Waals surface area contributed by atoms with Gasteiger partial charge in [-0.1, -0.05) is 42.5 Å². The summed E-state index contributed by atoms with van der Waals surface area (Å²) in [6.07, 6.45) is 1.58. The number of nitrogen functional groups attached to an aromatic ring is 1. The molecule has 0 aliphatic heterocycles. The largest absolute Gasteiger partial charge is 0.432 e. The number of aromatic nitrogens is 1. The van der Waals surface area contributed by atoms with Gasteiger partial charge in [0.25, 0.3) is 6.01 Å². The van der Waals surface area contributed by atoms with Gasteiger partial charge in [-0.25, -0.2) is 0 Å². The third kappa shape index (κ3) is 1.34. The number of hydrogen-bond donors (Lipinski definition) is 1. The van der Waals surface area contributed by atoms with Crippen LogP contribution in [0.4, 0.5) is 6.01 Å². The number of fused-ring (bicyclic) bond motifs is 1. The summed E-state index contributed by atoms with van der Waals surface area (Å²) in [5.74, 6) is 0. The molecule has 0 unspecified atom stereocenters. The van der Waals surface area contributed by atoms with Crippen molar-refractivity contribution in [3.63, 3.8) is 0 Å². The summed E-state index contributed by atoms with van der Waals surface area (Å²) in [6, 6.07) is 14.4. The predicted octanol–water partition coefficient (Wildman–Crippen LogP) is 3.08. The van der Waals surface area contributed by atoms with Crippen LogP contribution in [0.3, 0.4) is 0 Å². The van der Waals surface area contributed by atoms with Crippen molar-refractivity contribution >= 4 is 16.8 Å². The highest BCUT2D eigenvalue weighted by atomic mass is 16.4. The van der Waals surface area contributed by atoms with E-state index >= 15 is 0 Å². The van der Waals surface area contributed by atoms with Crippen molar-refractivity contribution in [1.82, 2.24) is 4.98 Å². The van der Waals surface area contributed by atoms with Crippen molar-refractivity contribution in [3.05, 3.63) is 48.7 Å². The Labute approximate surface area is 92.5 Å². The molecule has 0 bridgehead atoms. The molecule has 3 rings (SSSR count). The lowest BCUT2D eigenvalue weighted by Gasteiger charge is -2.02. The highest BCUT2D eigenvalue weighted by Gasteiger charge is 2.06. The molecule has 0 atom stereocenters. The molecule has 2 N–H and O–H groups in total. The molecule has 0 fully saturated rings. The number of anilines is 1. The third-order valence-corrected chi connectivity index (χ3v) is 2.59. The average Bonchev–Trinajstić information content (AvgIpc) is 2.75. The van der Waals surface area contributed by atoms with Gasteiger partial charge in [-0.15, -0.1) is 0 Å². The average molecular weight is 210 g/mol. The Bertz CT molecular complexity index is 638. The summed E-state index contributed by atoms with van der Waals surface area (Å²) in [7, 11) is 0. The van der Waals surface area contributed by atoms with E-state index in [1.54, 1.807) is 6.26 Å². The summed E-state index contributed by atoms with van der Waals surface area (Å²) in [5, 5.41) is 2.33. The van der Waals surface area contributed by atoms with Crippen LogP contribution < -0.4 is 5.73 Å². The second kappa shape index (κ2) is 3.38. The number of hydrogen-bond acceptors (Lipinski definition) is 3. The lowest BCUT2D eigenvalue weighted by molar-refractivity contribution is 0.581. The minimum absolute atomic E-state index is 0.197. The summed E-state index contributed by atoms with van der Waals surface area (Å²) in [4.78, 5) is 4.14. The second-order valence-electron chi connectivity index (χ2n) is 3.60. The van der Waals surface area contributed by atoms with E-state index < -0.39 is 0 Å². The Morgan fingerprint density at radius 2 is 1.81 bits per heavy atom. The Hall–Kier alpha value is -2.29. The molecule has 2 aromatic carbocycles. The van der Waals surface area contributed by atoms with Crippen LogP contribution in [0.15, 0.2) is 53.1 Å². The highest BCUT2D eigenvalue weighted by molar-refractivity contribution is 5.95. The maximum absolute atomic E-state index is 5.48. The summed E-state index contributed by atoms with van der Waals surface area (Å²) >= 11 is 0. The van der Waals surface area contributed by atoms with Gasteiger partial charge in [-0.2, -0.15) is 4.98 Å². The van der Waals surface area contributed by atoms with Gasteiger partial charge in [0.15, 0.2) is 0 Å². The van der Waals surface area contributed by atoms with Crippen molar-refractivity contribution < 1.29 is 4.42 Å². The van der Waals surface area contributed by atoms with Gasteiger partial charge in [0.1, 0.15) is 12.0 Å². The fraction of sp³-hybridized carbons (Fsp3) is 0. The minimum atomic E-state index is 0.197. The van der Waals surface area contributed by atoms with Gasteiger partial charge in [-0.3, -0.25) is 0 Å². The van der Waals surface area contributed by atoms with E-state index in [-0.39, 0.29) is 6.01 Å². The van der Waals surface area contributed by atoms with Gasteiger partial charge in [0.2, 0.25) is 0 Å². The molecule has 1 aromatic heterocycles. The van der Waals surface area contributed by atoms with Crippen molar-refractivity contribution in [3.8, 4) is 11.3 Å². The molecule has 0 aliphatic carbocycles. The predicted molar refractivity (Wildman–Crippen MR) is 63.9 cm³/mol. The smallest absolute Gasteiger partial charge is 0.292 e. The molecular weight excluding hydrogens is 200 g/mol. The molecule has 0 amide bonds. The van der Waals surface area contributed by atoms with E-state index in [4.69, 9.17) is 10.2 Å². The summed E-state index contributed by atoms with van der Waals surface area (Å²) in [6.45, 7) is 0. The first-order valence-electron chi connectivity index (χ1n) is 5.04. The monoisotopic (exact) mass is 210 g/mol. The van der Waals surface area contributed by atoms with E-state index in [1.165, 1.54) is 5.39 Å². The molecule has 1 heterocycles. The Balaban J connectivity index is 2.31. The summed E-state index contributed by atoms with van der Waals surface area (Å²) in [5.41, 5.74) is 7.30. The normalized spacial score (nSPS) is 10.8. The van der Waals surface area contributed by atoms with Crippen molar-refractivity contribution in [1.29, 1.82) is 0 Å². The number of benzene rings is 2. The number of nitrogens with zero attached hydrogens (tertiary/aromatic N) is 1. The first-order valence-corrected chi connectivity index (χ1v) is 5.04. The van der Waals surface area contributed by atoms with E-state index in [1.807, 2.05) is 24.3 Å². The lowest BCUT2D eigenvalue weighted by Crippen LogP contribution is -1.84. The van der Waals surface area contributed by atoms with E-state index in [0.29, 0.717) is 0 Å². The zero-order chi connectivity index (χ0) is 11.0. The fourth-order valence-corrected chi connectivity index (χ4v) is 1.86. The fourth-order valence-electron chi connectivity index (χ4n) is 1.86. The van der Waals surface area contributed by atoms with Gasteiger partial charge >= 0.3 is 0 Å². The van der Waals surface area contributed by atoms with Crippen molar-refractivity contribution in [2.75, 3.05) is 5.73 Å². The van der Waals surface area contributed by atoms with Crippen LogP contribution in [0.2, 0.25) is 0 Å². The first-order chi connectivity index (χ1) is 7.84. The molecule has 3 heteroatoms. The molecule has 0 saturated heterocycles. The van der Waals surface area contributed by atoms with Gasteiger partial charge in [0.05, 0.1) is 0 Å². The molecule has 3 aromatic rings. The zero-order valence-electron chi connectivity index (χ0n) is 8.55. The number of nitrogens with two attached hydrogens (primary N) is 1. The zero-order valence-corrected chi connectivity index (χ0v) is 8.55. The molecule has 0 radical (unpaired) electrons. The second-order valence-corrected chi connectivity index (χ2v) is 3.60. The minimum Gasteiger partial charge on any atom is -0.432 e. The van der Waals surface area contributed by atoms with E-state index in [0.717, 1.165) is 16.6 Å². The van der Waals surface area contributed by atoms with Crippen LogP contribution in [0.5, 0.6) is 0 Å². The van der Waals surface area contributed by atoms with E-state index in [2.05, 4.69) is 23.2 Å². The Kier molecular flexibility index (Phi) is 1.90. The molecule has 0 aliphatic rings. The van der Waals surface area contributed by atoms with Gasteiger partial charge in [-0.05, 0) is 10.8 Å². The van der Waals surface area contributed by atoms with Crippen LogP contribution >= 0.6 is 0 Å². The first kappa shape index (κ1) is 8.97.